The first-order chi connectivity index (χ1) is 8.84. The molecule has 1 N–H and O–H groups in total. The van der Waals surface area contributed by atoms with E-state index in [-0.39, 0.29) is 16.7 Å². The number of ether oxygens (including phenoxy) is 1. The predicted molar refractivity (Wildman–Crippen MR) is 60.3 cm³/mol. The number of nitrogens with zero attached hydrogens (tertiary/aromatic N) is 1. The van der Waals surface area contributed by atoms with Crippen LogP contribution in [0.5, 0.6) is 0 Å². The van der Waals surface area contributed by atoms with Crippen LogP contribution in [0.2, 0.25) is 0 Å². The number of carbonyl (C=O) groups excluding carboxylic acids is 1. The van der Waals surface area contributed by atoms with Crippen molar-refractivity contribution in [1.82, 2.24) is 0 Å². The molecule has 0 unspecified atom stereocenters. The van der Waals surface area contributed by atoms with Crippen molar-refractivity contribution < 1.29 is 27.8 Å². The monoisotopic (exact) mass is 291 g/mol. The van der Waals surface area contributed by atoms with Crippen LogP contribution in [0.15, 0.2) is 17.0 Å². The van der Waals surface area contributed by atoms with Crippen molar-refractivity contribution in [1.29, 1.82) is 5.26 Å². The van der Waals surface area contributed by atoms with Gasteiger partial charge < -0.3 is 9.84 Å². The van der Waals surface area contributed by atoms with Gasteiger partial charge in [-0.05, 0) is 23.9 Å². The Bertz CT molecular complexity index is 537. The van der Waals surface area contributed by atoms with Crippen LogP contribution < -0.4 is 0 Å². The molecule has 1 aromatic rings. The first-order valence-corrected chi connectivity index (χ1v) is 5.66. The predicted octanol–water partition coefficient (Wildman–Crippen LogP) is 2.45. The highest BCUT2D eigenvalue weighted by Crippen LogP contribution is 2.41. The molecule has 0 aliphatic carbocycles. The standard InChI is InChI=1S/C11H8F3NO3S/c1-18-10(17)7-3-2-6(4-15)9(8(7)5-16)19-11(12,13)14/h2-3,16H,5H2,1H3. The van der Waals surface area contributed by atoms with Gasteiger partial charge >= 0.3 is 11.5 Å². The summed E-state index contributed by atoms with van der Waals surface area (Å²) < 4.78 is 41.7. The number of nitriles is 1. The van der Waals surface area contributed by atoms with Crippen LogP contribution in [0, 0.1) is 11.3 Å². The molecule has 0 aliphatic heterocycles. The van der Waals surface area contributed by atoms with Crippen LogP contribution in [-0.2, 0) is 11.3 Å². The molecule has 0 bridgehead atoms. The van der Waals surface area contributed by atoms with Crippen molar-refractivity contribution in [2.45, 2.75) is 17.0 Å². The molecule has 4 nitrogen and oxygen atoms in total. The topological polar surface area (TPSA) is 70.3 Å². The number of hydrogen-bond acceptors (Lipinski definition) is 5. The molecule has 19 heavy (non-hydrogen) atoms. The summed E-state index contributed by atoms with van der Waals surface area (Å²) in [4.78, 5) is 10.9. The quantitative estimate of drug-likeness (QED) is 0.684. The van der Waals surface area contributed by atoms with Crippen molar-refractivity contribution in [3.8, 4) is 6.07 Å². The Hall–Kier alpha value is -1.72. The highest BCUT2D eigenvalue weighted by Gasteiger charge is 2.33. The number of aliphatic hydroxyl groups is 1. The van der Waals surface area contributed by atoms with Crippen LogP contribution in [-0.4, -0.2) is 23.7 Å². The molecule has 0 aliphatic rings. The summed E-state index contributed by atoms with van der Waals surface area (Å²) in [5.41, 5.74) is -5.37. The number of alkyl halides is 3. The number of hydrogen-bond donors (Lipinski definition) is 1. The lowest BCUT2D eigenvalue weighted by molar-refractivity contribution is -0.0328. The van der Waals surface area contributed by atoms with Gasteiger partial charge in [0, 0.05) is 10.5 Å². The van der Waals surface area contributed by atoms with E-state index in [2.05, 4.69) is 4.74 Å². The van der Waals surface area contributed by atoms with E-state index in [9.17, 15) is 18.0 Å². The second-order valence-electron chi connectivity index (χ2n) is 3.28. The first kappa shape index (κ1) is 15.3. The van der Waals surface area contributed by atoms with Gasteiger partial charge in [0.25, 0.3) is 0 Å². The lowest BCUT2D eigenvalue weighted by Crippen LogP contribution is -2.10. The van der Waals surface area contributed by atoms with E-state index >= 15 is 0 Å². The van der Waals surface area contributed by atoms with Gasteiger partial charge in [-0.25, -0.2) is 4.79 Å². The number of rotatable bonds is 3. The second kappa shape index (κ2) is 5.95. The van der Waals surface area contributed by atoms with Crippen molar-refractivity contribution >= 4 is 17.7 Å². The maximum Gasteiger partial charge on any atom is 0.446 e. The zero-order valence-electron chi connectivity index (χ0n) is 9.61. The molecule has 0 saturated carbocycles. The fraction of sp³-hybridized carbons (Fsp3) is 0.273. The van der Waals surface area contributed by atoms with Crippen molar-refractivity contribution in [2.24, 2.45) is 0 Å². The lowest BCUT2D eigenvalue weighted by atomic mass is 10.0. The van der Waals surface area contributed by atoms with Crippen LogP contribution in [0.25, 0.3) is 0 Å². The fourth-order valence-electron chi connectivity index (χ4n) is 1.41. The summed E-state index contributed by atoms with van der Waals surface area (Å²) in [5.74, 6) is -0.877. The number of thioether (sulfide) groups is 1. The molecule has 0 spiro atoms. The Morgan fingerprint density at radius 2 is 2.16 bits per heavy atom. The van der Waals surface area contributed by atoms with E-state index in [1.807, 2.05) is 0 Å². The van der Waals surface area contributed by atoms with Gasteiger partial charge in [0.2, 0.25) is 0 Å². The highest BCUT2D eigenvalue weighted by atomic mass is 32.2. The molecule has 0 aromatic heterocycles. The maximum absolute atomic E-state index is 12.4. The molecule has 102 valence electrons. The van der Waals surface area contributed by atoms with Crippen molar-refractivity contribution in [3.63, 3.8) is 0 Å². The number of esters is 1. The molecule has 0 heterocycles. The van der Waals surface area contributed by atoms with E-state index in [4.69, 9.17) is 10.4 Å². The van der Waals surface area contributed by atoms with E-state index in [1.54, 1.807) is 6.07 Å². The number of benzene rings is 1. The molecule has 0 saturated heterocycles. The van der Waals surface area contributed by atoms with E-state index in [0.717, 1.165) is 19.2 Å². The lowest BCUT2D eigenvalue weighted by Gasteiger charge is -2.14. The molecule has 0 atom stereocenters. The average Bonchev–Trinajstić information content (AvgIpc) is 2.35. The van der Waals surface area contributed by atoms with Crippen molar-refractivity contribution in [2.75, 3.05) is 7.11 Å². The van der Waals surface area contributed by atoms with Gasteiger partial charge in [0.1, 0.15) is 6.07 Å². The Kier molecular flexibility index (Phi) is 4.80. The molecule has 0 fully saturated rings. The minimum absolute atomic E-state index is 0.198. The van der Waals surface area contributed by atoms with E-state index in [0.29, 0.717) is 0 Å². The zero-order valence-corrected chi connectivity index (χ0v) is 10.4. The van der Waals surface area contributed by atoms with Gasteiger partial charge in [-0.15, -0.1) is 0 Å². The Balaban J connectivity index is 3.47. The van der Waals surface area contributed by atoms with Gasteiger partial charge in [-0.1, -0.05) is 0 Å². The number of methoxy groups -OCH3 is 1. The van der Waals surface area contributed by atoms with Crippen LogP contribution in [0.4, 0.5) is 13.2 Å². The first-order valence-electron chi connectivity index (χ1n) is 4.85. The number of halogens is 3. The van der Waals surface area contributed by atoms with Gasteiger partial charge in [-0.3, -0.25) is 0 Å². The SMILES string of the molecule is COC(=O)c1ccc(C#N)c(SC(F)(F)F)c1CO. The molecular formula is C11H8F3NO3S. The molecule has 0 amide bonds. The molecule has 1 aromatic carbocycles. The molecular weight excluding hydrogens is 283 g/mol. The third-order valence-corrected chi connectivity index (χ3v) is 3.06. The number of carbonyl (C=O) groups is 1. The molecule has 0 radical (unpaired) electrons. The third kappa shape index (κ3) is 3.62. The Morgan fingerprint density at radius 1 is 1.53 bits per heavy atom. The van der Waals surface area contributed by atoms with Crippen LogP contribution >= 0.6 is 11.8 Å². The summed E-state index contributed by atoms with van der Waals surface area (Å²) in [5, 5.41) is 18.0. The average molecular weight is 291 g/mol. The maximum atomic E-state index is 12.4. The summed E-state index contributed by atoms with van der Waals surface area (Å²) in [6.07, 6.45) is 0. The Morgan fingerprint density at radius 3 is 2.58 bits per heavy atom. The van der Waals surface area contributed by atoms with Crippen molar-refractivity contribution in [3.05, 3.63) is 28.8 Å². The smallest absolute Gasteiger partial charge is 0.446 e. The van der Waals surface area contributed by atoms with Gasteiger partial charge in [-0.2, -0.15) is 18.4 Å². The van der Waals surface area contributed by atoms with Gasteiger partial charge in [0.15, 0.2) is 0 Å². The third-order valence-electron chi connectivity index (χ3n) is 2.16. The van der Waals surface area contributed by atoms with E-state index in [1.165, 1.54) is 0 Å². The summed E-state index contributed by atoms with van der Waals surface area (Å²) >= 11 is -0.545. The summed E-state index contributed by atoms with van der Waals surface area (Å²) in [6.45, 7) is -0.807. The van der Waals surface area contributed by atoms with Crippen LogP contribution in [0.3, 0.4) is 0 Å². The summed E-state index contributed by atoms with van der Waals surface area (Å²) in [6, 6.07) is 3.82. The minimum Gasteiger partial charge on any atom is -0.465 e. The minimum atomic E-state index is -4.63. The molecule has 1 rings (SSSR count). The van der Waals surface area contributed by atoms with E-state index < -0.39 is 34.7 Å². The highest BCUT2D eigenvalue weighted by molar-refractivity contribution is 8.00. The fourth-order valence-corrected chi connectivity index (χ4v) is 2.16. The van der Waals surface area contributed by atoms with Gasteiger partial charge in [0.05, 0.1) is 24.8 Å². The Labute approximate surface area is 110 Å². The second-order valence-corrected chi connectivity index (χ2v) is 4.35. The largest absolute Gasteiger partial charge is 0.465 e. The normalized spacial score (nSPS) is 10.9. The zero-order chi connectivity index (χ0) is 14.6. The molecule has 8 heteroatoms. The number of aliphatic hydroxyl groups excluding tert-OH is 1. The summed E-state index contributed by atoms with van der Waals surface area (Å²) in [7, 11) is 1.07. The van der Waals surface area contributed by atoms with Crippen LogP contribution in [0.1, 0.15) is 21.5 Å².